The minimum absolute atomic E-state index is 0.135. The van der Waals surface area contributed by atoms with E-state index in [1.807, 2.05) is 0 Å². The normalized spacial score (nSPS) is 30.7. The number of aliphatic hydroxyl groups excluding tert-OH is 2. The van der Waals surface area contributed by atoms with Crippen molar-refractivity contribution in [3.63, 3.8) is 0 Å². The number of hydrogen-bond acceptors (Lipinski definition) is 7. The minimum Gasteiger partial charge on any atom is -0.394 e. The zero-order valence-electron chi connectivity index (χ0n) is 10.7. The fraction of sp³-hybridized carbons (Fsp3) is 0.636. The van der Waals surface area contributed by atoms with Crippen molar-refractivity contribution in [2.75, 3.05) is 19.5 Å². The van der Waals surface area contributed by atoms with Crippen molar-refractivity contribution in [2.24, 2.45) is 0 Å². The number of nitrogen functional groups attached to an aromatic ring is 1. The van der Waals surface area contributed by atoms with E-state index in [9.17, 15) is 15.0 Å². The van der Waals surface area contributed by atoms with Crippen molar-refractivity contribution in [1.82, 2.24) is 9.55 Å². The number of methoxy groups -OCH3 is 1. The molecule has 1 fully saturated rings. The second-order valence-corrected chi connectivity index (χ2v) is 4.44. The summed E-state index contributed by atoms with van der Waals surface area (Å²) in [6.07, 6.45) is -1.98. The van der Waals surface area contributed by atoms with E-state index in [4.69, 9.17) is 15.2 Å². The number of aryl methyl sites for hydroxylation is 1. The summed E-state index contributed by atoms with van der Waals surface area (Å²) in [5.74, 6) is 0.135. The Morgan fingerprint density at radius 1 is 1.63 bits per heavy atom. The lowest BCUT2D eigenvalue weighted by Gasteiger charge is -2.18. The van der Waals surface area contributed by atoms with E-state index in [1.165, 1.54) is 13.3 Å². The van der Waals surface area contributed by atoms with Crippen LogP contribution >= 0.6 is 0 Å². The predicted octanol–water partition coefficient (Wildman–Crippen LogP) is -1.60. The molecule has 0 spiro atoms. The van der Waals surface area contributed by atoms with Crippen molar-refractivity contribution in [2.45, 2.75) is 31.5 Å². The Kier molecular flexibility index (Phi) is 3.85. The van der Waals surface area contributed by atoms with Crippen LogP contribution in [-0.2, 0) is 9.47 Å². The molecule has 2 unspecified atom stereocenters. The van der Waals surface area contributed by atoms with Gasteiger partial charge in [0.2, 0.25) is 0 Å². The third kappa shape index (κ3) is 2.35. The third-order valence-corrected chi connectivity index (χ3v) is 3.21. The molecule has 2 heterocycles. The van der Waals surface area contributed by atoms with E-state index < -0.39 is 30.2 Å². The second-order valence-electron chi connectivity index (χ2n) is 4.44. The topological polar surface area (TPSA) is 120 Å². The summed E-state index contributed by atoms with van der Waals surface area (Å²) in [5, 5.41) is 19.3. The summed E-state index contributed by atoms with van der Waals surface area (Å²) in [5.41, 5.74) is 5.51. The standard InChI is InChI=1S/C11H17N3O5/c1-5-3-14(11(17)13-9(5)12)10-7(16)8(18-2)6(4-15)19-10/h3,6-8,10,15-16H,4H2,1-2H3,(H2,12,13,17)/t6-,7?,8?,10-/m1/s1. The predicted molar refractivity (Wildman–Crippen MR) is 65.4 cm³/mol. The fourth-order valence-corrected chi connectivity index (χ4v) is 2.15. The number of rotatable bonds is 3. The maximum absolute atomic E-state index is 11.8. The summed E-state index contributed by atoms with van der Waals surface area (Å²) >= 11 is 0. The van der Waals surface area contributed by atoms with Gasteiger partial charge in [0.15, 0.2) is 6.23 Å². The molecule has 4 N–H and O–H groups in total. The van der Waals surface area contributed by atoms with Gasteiger partial charge in [0.25, 0.3) is 0 Å². The van der Waals surface area contributed by atoms with Crippen molar-refractivity contribution in [1.29, 1.82) is 0 Å². The number of ether oxygens (including phenoxy) is 2. The van der Waals surface area contributed by atoms with Crippen LogP contribution in [0.15, 0.2) is 11.0 Å². The van der Waals surface area contributed by atoms with Crippen LogP contribution in [0.3, 0.4) is 0 Å². The average molecular weight is 271 g/mol. The van der Waals surface area contributed by atoms with Crippen molar-refractivity contribution < 1.29 is 19.7 Å². The summed E-state index contributed by atoms with van der Waals surface area (Å²) in [4.78, 5) is 15.4. The molecule has 8 heteroatoms. The molecule has 1 saturated heterocycles. The maximum atomic E-state index is 11.8. The molecule has 106 valence electrons. The Morgan fingerprint density at radius 3 is 2.84 bits per heavy atom. The molecular formula is C11H17N3O5. The van der Waals surface area contributed by atoms with Gasteiger partial charge in [-0.3, -0.25) is 4.57 Å². The van der Waals surface area contributed by atoms with Crippen LogP contribution in [0.5, 0.6) is 0 Å². The summed E-state index contributed by atoms with van der Waals surface area (Å²) in [7, 11) is 1.40. The van der Waals surface area contributed by atoms with E-state index in [0.717, 1.165) is 4.57 Å². The fourth-order valence-electron chi connectivity index (χ4n) is 2.15. The Hall–Kier alpha value is -1.48. The first-order valence-corrected chi connectivity index (χ1v) is 5.82. The highest BCUT2D eigenvalue weighted by Crippen LogP contribution is 2.30. The molecule has 0 amide bonds. The number of aliphatic hydroxyl groups is 2. The van der Waals surface area contributed by atoms with Crippen molar-refractivity contribution >= 4 is 5.82 Å². The Morgan fingerprint density at radius 2 is 2.32 bits per heavy atom. The molecule has 0 aromatic carbocycles. The first-order valence-electron chi connectivity index (χ1n) is 5.82. The molecule has 0 radical (unpaired) electrons. The van der Waals surface area contributed by atoms with Crippen LogP contribution in [0.4, 0.5) is 5.82 Å². The largest absolute Gasteiger partial charge is 0.394 e. The van der Waals surface area contributed by atoms with Crippen LogP contribution in [0.25, 0.3) is 0 Å². The lowest BCUT2D eigenvalue weighted by molar-refractivity contribution is -0.0569. The Labute approximate surface area is 109 Å². The van der Waals surface area contributed by atoms with Crippen LogP contribution in [0, 0.1) is 6.92 Å². The molecule has 1 aliphatic rings. The highest BCUT2D eigenvalue weighted by Gasteiger charge is 2.45. The third-order valence-electron chi connectivity index (χ3n) is 3.21. The Balaban J connectivity index is 2.38. The molecule has 1 aromatic heterocycles. The van der Waals surface area contributed by atoms with Gasteiger partial charge in [-0.05, 0) is 6.92 Å². The highest BCUT2D eigenvalue weighted by atomic mass is 16.6. The number of nitrogens with zero attached hydrogens (tertiary/aromatic N) is 2. The van der Waals surface area contributed by atoms with E-state index in [2.05, 4.69) is 4.98 Å². The summed E-state index contributed by atoms with van der Waals surface area (Å²) in [6, 6.07) is 0. The van der Waals surface area contributed by atoms with Crippen LogP contribution < -0.4 is 11.4 Å². The number of nitrogens with two attached hydrogens (primary N) is 1. The molecular weight excluding hydrogens is 254 g/mol. The second kappa shape index (κ2) is 5.25. The lowest BCUT2D eigenvalue weighted by Crippen LogP contribution is -2.37. The van der Waals surface area contributed by atoms with Gasteiger partial charge in [-0.15, -0.1) is 0 Å². The SMILES string of the molecule is COC1C(O)[C@H](n2cc(C)c(N)nc2=O)O[C@@H]1CO. The van der Waals surface area contributed by atoms with E-state index in [0.29, 0.717) is 5.56 Å². The molecule has 19 heavy (non-hydrogen) atoms. The van der Waals surface area contributed by atoms with Gasteiger partial charge >= 0.3 is 5.69 Å². The molecule has 1 aliphatic heterocycles. The smallest absolute Gasteiger partial charge is 0.351 e. The zero-order chi connectivity index (χ0) is 14.2. The summed E-state index contributed by atoms with van der Waals surface area (Å²) < 4.78 is 11.7. The zero-order valence-corrected chi connectivity index (χ0v) is 10.7. The average Bonchev–Trinajstić information content (AvgIpc) is 2.70. The van der Waals surface area contributed by atoms with Crippen LogP contribution in [0.2, 0.25) is 0 Å². The van der Waals surface area contributed by atoms with E-state index >= 15 is 0 Å². The van der Waals surface area contributed by atoms with Gasteiger partial charge in [0.1, 0.15) is 24.1 Å². The maximum Gasteiger partial charge on any atom is 0.351 e. The van der Waals surface area contributed by atoms with Gasteiger partial charge in [0, 0.05) is 18.9 Å². The first kappa shape index (κ1) is 13.9. The van der Waals surface area contributed by atoms with Gasteiger partial charge in [-0.25, -0.2) is 4.79 Å². The lowest BCUT2D eigenvalue weighted by atomic mass is 10.1. The molecule has 4 atom stereocenters. The molecule has 0 aliphatic carbocycles. The number of aromatic nitrogens is 2. The van der Waals surface area contributed by atoms with Gasteiger partial charge in [-0.1, -0.05) is 0 Å². The molecule has 0 saturated carbocycles. The molecule has 1 aromatic rings. The van der Waals surface area contributed by atoms with Gasteiger partial charge in [0.05, 0.1) is 6.61 Å². The van der Waals surface area contributed by atoms with Crippen molar-refractivity contribution in [3.8, 4) is 0 Å². The van der Waals surface area contributed by atoms with Crippen molar-refractivity contribution in [3.05, 3.63) is 22.2 Å². The van der Waals surface area contributed by atoms with Gasteiger partial charge in [-0.2, -0.15) is 4.98 Å². The first-order chi connectivity index (χ1) is 8.99. The van der Waals surface area contributed by atoms with Crippen LogP contribution in [0.1, 0.15) is 11.8 Å². The number of hydrogen-bond donors (Lipinski definition) is 3. The quantitative estimate of drug-likeness (QED) is 0.605. The van der Waals surface area contributed by atoms with Crippen LogP contribution in [-0.4, -0.2) is 51.8 Å². The molecule has 0 bridgehead atoms. The minimum atomic E-state index is -1.08. The number of anilines is 1. The van der Waals surface area contributed by atoms with Gasteiger partial charge < -0.3 is 25.4 Å². The van der Waals surface area contributed by atoms with E-state index in [-0.39, 0.29) is 12.4 Å². The monoisotopic (exact) mass is 271 g/mol. The Bertz CT molecular complexity index is 518. The highest BCUT2D eigenvalue weighted by molar-refractivity contribution is 5.35. The molecule has 2 rings (SSSR count). The summed E-state index contributed by atoms with van der Waals surface area (Å²) in [6.45, 7) is 1.37. The van der Waals surface area contributed by atoms with E-state index in [1.54, 1.807) is 6.92 Å². The molecule has 8 nitrogen and oxygen atoms in total.